The van der Waals surface area contributed by atoms with E-state index in [9.17, 15) is 24.5 Å². The van der Waals surface area contributed by atoms with Gasteiger partial charge in [-0.25, -0.2) is 0 Å². The highest BCUT2D eigenvalue weighted by Gasteiger charge is 2.44. The Morgan fingerprint density at radius 3 is 2.53 bits per heavy atom. The Balaban J connectivity index is 2.09. The van der Waals surface area contributed by atoms with Crippen molar-refractivity contribution < 1.29 is 24.0 Å². The number of nitro groups is 1. The number of hydrogen-bond donors (Lipinski definition) is 2. The zero-order valence-electron chi connectivity index (χ0n) is 16.7. The number of rotatable bonds is 5. The quantitative estimate of drug-likeness (QED) is 0.323. The van der Waals surface area contributed by atoms with Gasteiger partial charge in [0.15, 0.2) is 0 Å². The van der Waals surface area contributed by atoms with Gasteiger partial charge >= 0.3 is 5.69 Å². The van der Waals surface area contributed by atoms with Crippen LogP contribution in [0, 0.1) is 10.1 Å². The number of imide groups is 1. The topological polar surface area (TPSA) is 128 Å². The molecule has 0 bridgehead atoms. The van der Waals surface area contributed by atoms with Crippen molar-refractivity contribution in [1.82, 2.24) is 5.32 Å². The summed E-state index contributed by atoms with van der Waals surface area (Å²) < 4.78 is 5.26. The van der Waals surface area contributed by atoms with Crippen LogP contribution in [0.1, 0.15) is 40.1 Å². The van der Waals surface area contributed by atoms with Crippen molar-refractivity contribution in [3.05, 3.63) is 57.1 Å². The van der Waals surface area contributed by atoms with Gasteiger partial charge in [-0.1, -0.05) is 6.07 Å². The summed E-state index contributed by atoms with van der Waals surface area (Å²) in [6.07, 6.45) is 1.88. The number of ether oxygens (including phenoxy) is 1. The maximum Gasteiger partial charge on any atom is 0.305 e. The minimum absolute atomic E-state index is 0.153. The molecule has 3 amide bonds. The molecule has 156 valence electrons. The minimum Gasteiger partial charge on any atom is -0.496 e. The number of nitrogens with one attached hydrogen (secondary N) is 2. The molecule has 1 heterocycles. The largest absolute Gasteiger partial charge is 0.496 e. The molecule has 2 aromatic rings. The van der Waals surface area contributed by atoms with Crippen molar-refractivity contribution in [3.8, 4) is 5.75 Å². The van der Waals surface area contributed by atoms with Crippen LogP contribution in [0.4, 0.5) is 11.4 Å². The molecule has 0 saturated heterocycles. The molecule has 30 heavy (non-hydrogen) atoms. The molecule has 10 heteroatoms. The molecule has 0 saturated carbocycles. The van der Waals surface area contributed by atoms with E-state index in [2.05, 4.69) is 10.6 Å². The average Bonchev–Trinajstić information content (AvgIpc) is 2.71. The van der Waals surface area contributed by atoms with Crippen LogP contribution in [0.3, 0.4) is 0 Å². The van der Waals surface area contributed by atoms with Gasteiger partial charge in [-0.2, -0.15) is 0 Å². The molecule has 0 aliphatic carbocycles. The van der Waals surface area contributed by atoms with E-state index < -0.39 is 33.7 Å². The number of carbonyl (C=O) groups excluding carboxylic acids is 3. The SMILES string of the molecule is COc1cc(SC)ccc1C(=O)Nc1ccc2c(c1[N+](=O)[O-])C(=O)NC(=O)C2(C)C. The number of amides is 3. The summed E-state index contributed by atoms with van der Waals surface area (Å²) >= 11 is 1.47. The second-order valence-corrected chi connectivity index (χ2v) is 7.95. The number of hydrogen-bond acceptors (Lipinski definition) is 7. The lowest BCUT2D eigenvalue weighted by atomic mass is 9.77. The molecule has 1 aliphatic rings. The van der Waals surface area contributed by atoms with Crippen molar-refractivity contribution >= 4 is 40.9 Å². The second kappa shape index (κ2) is 7.79. The molecule has 0 spiro atoms. The summed E-state index contributed by atoms with van der Waals surface area (Å²) in [6, 6.07) is 7.74. The van der Waals surface area contributed by atoms with Crippen LogP contribution in [0.5, 0.6) is 5.75 Å². The zero-order chi connectivity index (χ0) is 22.2. The highest BCUT2D eigenvalue weighted by molar-refractivity contribution is 7.98. The van der Waals surface area contributed by atoms with E-state index in [0.29, 0.717) is 5.75 Å². The van der Waals surface area contributed by atoms with Crippen LogP contribution in [0.25, 0.3) is 0 Å². The third-order valence-electron chi connectivity index (χ3n) is 4.96. The third-order valence-corrected chi connectivity index (χ3v) is 5.68. The van der Waals surface area contributed by atoms with Gasteiger partial charge in [-0.15, -0.1) is 11.8 Å². The Bertz CT molecular complexity index is 1100. The van der Waals surface area contributed by atoms with Gasteiger partial charge in [0.05, 0.1) is 23.0 Å². The van der Waals surface area contributed by atoms with Gasteiger partial charge in [0.25, 0.3) is 11.8 Å². The summed E-state index contributed by atoms with van der Waals surface area (Å²) in [4.78, 5) is 49.3. The number of benzene rings is 2. The maximum absolute atomic E-state index is 12.8. The first-order valence-electron chi connectivity index (χ1n) is 8.82. The standard InChI is InChI=1S/C20H19N3O6S/c1-20(2)12-7-8-13(16(23(27)28)15(12)18(25)22-19(20)26)21-17(24)11-6-5-10(30-4)9-14(11)29-3/h5-9H,1-4H3,(H,21,24)(H,22,25,26). The molecule has 0 fully saturated rings. The fourth-order valence-corrected chi connectivity index (χ4v) is 3.68. The monoisotopic (exact) mass is 429 g/mol. The van der Waals surface area contributed by atoms with E-state index in [0.717, 1.165) is 4.90 Å². The van der Waals surface area contributed by atoms with Gasteiger partial charge < -0.3 is 10.1 Å². The Labute approximate surface area is 176 Å². The van der Waals surface area contributed by atoms with E-state index in [1.807, 2.05) is 6.26 Å². The summed E-state index contributed by atoms with van der Waals surface area (Å²) in [6.45, 7) is 3.13. The van der Waals surface area contributed by atoms with Crippen LogP contribution in [0.2, 0.25) is 0 Å². The first kappa shape index (κ1) is 21.3. The van der Waals surface area contributed by atoms with Crippen LogP contribution >= 0.6 is 11.8 Å². The number of nitrogens with zero attached hydrogens (tertiary/aromatic N) is 1. The second-order valence-electron chi connectivity index (χ2n) is 7.07. The summed E-state index contributed by atoms with van der Waals surface area (Å²) in [5.74, 6) is -1.75. The first-order valence-corrected chi connectivity index (χ1v) is 10.0. The fourth-order valence-electron chi connectivity index (χ4n) is 3.25. The predicted octanol–water partition coefficient (Wildman–Crippen LogP) is 3.13. The minimum atomic E-state index is -1.15. The van der Waals surface area contributed by atoms with Crippen molar-refractivity contribution in [3.63, 3.8) is 0 Å². The molecule has 0 radical (unpaired) electrons. The molecule has 2 N–H and O–H groups in total. The summed E-state index contributed by atoms with van der Waals surface area (Å²) in [5, 5.41) is 16.5. The predicted molar refractivity (Wildman–Crippen MR) is 111 cm³/mol. The van der Waals surface area contributed by atoms with Gasteiger partial charge in [-0.3, -0.25) is 29.8 Å². The van der Waals surface area contributed by atoms with E-state index in [1.165, 1.54) is 31.0 Å². The number of nitro benzene ring substituents is 1. The number of anilines is 1. The van der Waals surface area contributed by atoms with E-state index in [-0.39, 0.29) is 22.4 Å². The summed E-state index contributed by atoms with van der Waals surface area (Å²) in [5.41, 5.74) is -1.70. The van der Waals surface area contributed by atoms with Crippen LogP contribution in [0.15, 0.2) is 35.2 Å². The molecule has 0 atom stereocenters. The Hall–Kier alpha value is -3.40. The van der Waals surface area contributed by atoms with Crippen LogP contribution in [-0.4, -0.2) is 36.0 Å². The molecule has 9 nitrogen and oxygen atoms in total. The number of methoxy groups -OCH3 is 1. The molecular weight excluding hydrogens is 410 g/mol. The van der Waals surface area contributed by atoms with E-state index in [4.69, 9.17) is 4.74 Å². The van der Waals surface area contributed by atoms with Crippen LogP contribution < -0.4 is 15.4 Å². The van der Waals surface area contributed by atoms with Crippen molar-refractivity contribution in [2.45, 2.75) is 24.2 Å². The first-order chi connectivity index (χ1) is 14.1. The Morgan fingerprint density at radius 2 is 1.93 bits per heavy atom. The van der Waals surface area contributed by atoms with Crippen LogP contribution in [-0.2, 0) is 10.2 Å². The number of thioether (sulfide) groups is 1. The van der Waals surface area contributed by atoms with Crippen molar-refractivity contribution in [2.75, 3.05) is 18.7 Å². The zero-order valence-corrected chi connectivity index (χ0v) is 17.5. The van der Waals surface area contributed by atoms with Gasteiger partial charge in [-0.05, 0) is 49.9 Å². The smallest absolute Gasteiger partial charge is 0.305 e. The molecular formula is C20H19N3O6S. The highest BCUT2D eigenvalue weighted by Crippen LogP contribution is 2.40. The summed E-state index contributed by atoms with van der Waals surface area (Å²) in [7, 11) is 1.42. The highest BCUT2D eigenvalue weighted by atomic mass is 32.2. The Morgan fingerprint density at radius 1 is 1.23 bits per heavy atom. The molecule has 0 aromatic heterocycles. The molecule has 3 rings (SSSR count). The van der Waals surface area contributed by atoms with Gasteiger partial charge in [0, 0.05) is 4.90 Å². The Kier molecular flexibility index (Phi) is 5.53. The lowest BCUT2D eigenvalue weighted by Gasteiger charge is -2.30. The van der Waals surface area contributed by atoms with Crippen molar-refractivity contribution in [1.29, 1.82) is 0 Å². The fraction of sp³-hybridized carbons (Fsp3) is 0.250. The number of fused-ring (bicyclic) bond motifs is 1. The lowest BCUT2D eigenvalue weighted by molar-refractivity contribution is -0.384. The van der Waals surface area contributed by atoms with E-state index >= 15 is 0 Å². The normalized spacial score (nSPS) is 14.5. The third kappa shape index (κ3) is 3.50. The van der Waals surface area contributed by atoms with Gasteiger partial charge in [0.2, 0.25) is 5.91 Å². The van der Waals surface area contributed by atoms with Crippen molar-refractivity contribution in [2.24, 2.45) is 0 Å². The lowest BCUT2D eigenvalue weighted by Crippen LogP contribution is -2.49. The molecule has 0 unspecified atom stereocenters. The number of carbonyl (C=O) groups is 3. The van der Waals surface area contributed by atoms with E-state index in [1.54, 1.807) is 32.0 Å². The van der Waals surface area contributed by atoms with Gasteiger partial charge in [0.1, 0.15) is 17.0 Å². The maximum atomic E-state index is 12.8. The molecule has 2 aromatic carbocycles. The average molecular weight is 429 g/mol. The molecule has 1 aliphatic heterocycles.